The maximum atomic E-state index is 11.1. The van der Waals surface area contributed by atoms with Gasteiger partial charge in [0, 0.05) is 0 Å². The van der Waals surface area contributed by atoms with Gasteiger partial charge >= 0.3 is 5.97 Å². The summed E-state index contributed by atoms with van der Waals surface area (Å²) in [5, 5.41) is 13.0. The number of hydrogen-bond donors (Lipinski definition) is 1. The summed E-state index contributed by atoms with van der Waals surface area (Å²) >= 11 is 0. The highest BCUT2D eigenvalue weighted by Gasteiger charge is 2.14. The zero-order valence-corrected chi connectivity index (χ0v) is 12.0. The molecule has 0 saturated carbocycles. The Labute approximate surface area is 117 Å². The molecule has 0 aliphatic carbocycles. The number of hydrogen-bond acceptors (Lipinski definition) is 4. The van der Waals surface area contributed by atoms with Gasteiger partial charge in [-0.1, -0.05) is 5.16 Å². The first-order valence-electron chi connectivity index (χ1n) is 6.29. The highest BCUT2D eigenvalue weighted by atomic mass is 16.5. The molecule has 1 N–H and O–H groups in total. The van der Waals surface area contributed by atoms with Crippen molar-refractivity contribution in [1.82, 2.24) is 5.16 Å². The summed E-state index contributed by atoms with van der Waals surface area (Å²) in [6, 6.07) is 3.46. The van der Waals surface area contributed by atoms with Gasteiger partial charge in [0.15, 0.2) is 0 Å². The number of carboxylic acids is 1. The second-order valence-corrected chi connectivity index (χ2v) is 4.83. The van der Waals surface area contributed by atoms with Crippen LogP contribution in [0.1, 0.15) is 38.5 Å². The molecule has 0 aliphatic heterocycles. The van der Waals surface area contributed by atoms with Gasteiger partial charge in [-0.3, -0.25) is 0 Å². The molecular weight excluding hydrogens is 258 g/mol. The fraction of sp³-hybridized carbons (Fsp3) is 0.333. The summed E-state index contributed by atoms with van der Waals surface area (Å²) in [6.45, 7) is 7.58. The average molecular weight is 275 g/mol. The lowest BCUT2D eigenvalue weighted by Crippen LogP contribution is -2.04. The molecule has 0 atom stereocenters. The molecule has 1 aromatic heterocycles. The van der Waals surface area contributed by atoms with Crippen molar-refractivity contribution in [2.45, 2.75) is 34.3 Å². The molecule has 0 radical (unpaired) electrons. The van der Waals surface area contributed by atoms with Crippen LogP contribution in [0.2, 0.25) is 0 Å². The van der Waals surface area contributed by atoms with Crippen molar-refractivity contribution in [2.24, 2.45) is 0 Å². The molecule has 0 spiro atoms. The van der Waals surface area contributed by atoms with Gasteiger partial charge in [0.2, 0.25) is 0 Å². The molecule has 2 aromatic rings. The molecule has 1 aromatic carbocycles. The van der Waals surface area contributed by atoms with Crippen LogP contribution in [0.4, 0.5) is 0 Å². The van der Waals surface area contributed by atoms with Gasteiger partial charge in [-0.2, -0.15) is 0 Å². The summed E-state index contributed by atoms with van der Waals surface area (Å²) in [5.41, 5.74) is 3.42. The quantitative estimate of drug-likeness (QED) is 0.927. The van der Waals surface area contributed by atoms with E-state index >= 15 is 0 Å². The Kier molecular flexibility index (Phi) is 3.79. The zero-order valence-electron chi connectivity index (χ0n) is 12.0. The third-order valence-corrected chi connectivity index (χ3v) is 3.28. The van der Waals surface area contributed by atoms with Gasteiger partial charge in [-0.05, 0) is 51.0 Å². The zero-order chi connectivity index (χ0) is 14.9. The second-order valence-electron chi connectivity index (χ2n) is 4.83. The second kappa shape index (κ2) is 5.36. The maximum absolute atomic E-state index is 11.1. The number of carbonyl (C=O) groups is 1. The first kappa shape index (κ1) is 14.1. The lowest BCUT2D eigenvalue weighted by molar-refractivity contribution is 0.0695. The van der Waals surface area contributed by atoms with Gasteiger partial charge in [0.25, 0.3) is 0 Å². The van der Waals surface area contributed by atoms with Crippen LogP contribution in [-0.2, 0) is 6.61 Å². The Morgan fingerprint density at radius 1 is 1.25 bits per heavy atom. The van der Waals surface area contributed by atoms with Crippen molar-refractivity contribution < 1.29 is 19.2 Å². The molecule has 0 saturated heterocycles. The predicted octanol–water partition coefficient (Wildman–Crippen LogP) is 3.19. The van der Waals surface area contributed by atoms with Crippen molar-refractivity contribution in [1.29, 1.82) is 0 Å². The average Bonchev–Trinajstić information content (AvgIpc) is 2.65. The summed E-state index contributed by atoms with van der Waals surface area (Å²) in [7, 11) is 0. The highest BCUT2D eigenvalue weighted by molar-refractivity contribution is 5.91. The van der Waals surface area contributed by atoms with Gasteiger partial charge in [0.1, 0.15) is 18.1 Å². The normalized spacial score (nSPS) is 10.6. The highest BCUT2D eigenvalue weighted by Crippen LogP contribution is 2.23. The van der Waals surface area contributed by atoms with Crippen LogP contribution < -0.4 is 4.74 Å². The van der Waals surface area contributed by atoms with Crippen molar-refractivity contribution in [3.8, 4) is 5.75 Å². The van der Waals surface area contributed by atoms with E-state index in [4.69, 9.17) is 14.4 Å². The van der Waals surface area contributed by atoms with Crippen LogP contribution in [0.25, 0.3) is 0 Å². The number of aromatic carboxylic acids is 1. The molecule has 0 amide bonds. The minimum absolute atomic E-state index is 0.328. The Hall–Kier alpha value is -2.30. The van der Waals surface area contributed by atoms with Crippen LogP contribution in [0.3, 0.4) is 0 Å². The Bertz CT molecular complexity index is 615. The lowest BCUT2D eigenvalue weighted by atomic mass is 10.0. The molecule has 0 fully saturated rings. The molecule has 0 bridgehead atoms. The van der Waals surface area contributed by atoms with Crippen LogP contribution in [-0.4, -0.2) is 16.2 Å². The molecule has 1 heterocycles. The smallest absolute Gasteiger partial charge is 0.336 e. The van der Waals surface area contributed by atoms with Gasteiger partial charge in [-0.15, -0.1) is 0 Å². The number of aromatic nitrogens is 1. The van der Waals surface area contributed by atoms with Crippen molar-refractivity contribution in [3.63, 3.8) is 0 Å². The molecule has 5 nitrogen and oxygen atoms in total. The van der Waals surface area contributed by atoms with E-state index in [0.717, 1.165) is 17.0 Å². The standard InChI is InChI=1S/C15H17NO4/c1-8-5-12(6-9(2)14(8)15(17)18)19-7-13-10(3)16-20-11(13)4/h5-6H,7H2,1-4H3,(H,17,18). The van der Waals surface area contributed by atoms with E-state index < -0.39 is 5.97 Å². The van der Waals surface area contributed by atoms with E-state index in [1.165, 1.54) is 0 Å². The van der Waals surface area contributed by atoms with Crippen LogP contribution >= 0.6 is 0 Å². The third kappa shape index (κ3) is 2.66. The molecule has 0 unspecified atom stereocenters. The van der Waals surface area contributed by atoms with E-state index in [1.807, 2.05) is 13.8 Å². The summed E-state index contributed by atoms with van der Waals surface area (Å²) < 4.78 is 10.8. The van der Waals surface area contributed by atoms with Gasteiger partial charge in [0.05, 0.1) is 16.8 Å². The third-order valence-electron chi connectivity index (χ3n) is 3.28. The predicted molar refractivity (Wildman–Crippen MR) is 73.2 cm³/mol. The summed E-state index contributed by atoms with van der Waals surface area (Å²) in [5.74, 6) is 0.459. The molecule has 106 valence electrons. The molecule has 5 heteroatoms. The molecular formula is C15H17NO4. The summed E-state index contributed by atoms with van der Waals surface area (Å²) in [6.07, 6.45) is 0. The van der Waals surface area contributed by atoms with E-state index in [2.05, 4.69) is 5.16 Å². The Balaban J connectivity index is 2.21. The van der Waals surface area contributed by atoms with Crippen molar-refractivity contribution >= 4 is 5.97 Å². The SMILES string of the molecule is Cc1cc(OCc2c(C)noc2C)cc(C)c1C(=O)O. The maximum Gasteiger partial charge on any atom is 0.336 e. The lowest BCUT2D eigenvalue weighted by Gasteiger charge is -2.11. The fourth-order valence-electron chi connectivity index (χ4n) is 2.21. The van der Waals surface area contributed by atoms with Crippen LogP contribution in [0.5, 0.6) is 5.75 Å². The summed E-state index contributed by atoms with van der Waals surface area (Å²) in [4.78, 5) is 11.1. The topological polar surface area (TPSA) is 72.6 Å². The number of aryl methyl sites for hydroxylation is 4. The van der Waals surface area contributed by atoms with E-state index in [-0.39, 0.29) is 0 Å². The molecule has 20 heavy (non-hydrogen) atoms. The van der Waals surface area contributed by atoms with Crippen molar-refractivity contribution in [3.05, 3.63) is 45.8 Å². The number of carboxylic acid groups (broad SMARTS) is 1. The van der Waals surface area contributed by atoms with Gasteiger partial charge in [-0.25, -0.2) is 4.79 Å². The Morgan fingerprint density at radius 3 is 2.30 bits per heavy atom. The van der Waals surface area contributed by atoms with E-state index in [1.54, 1.807) is 26.0 Å². The minimum Gasteiger partial charge on any atom is -0.489 e. The molecule has 2 rings (SSSR count). The van der Waals surface area contributed by atoms with Crippen molar-refractivity contribution in [2.75, 3.05) is 0 Å². The monoisotopic (exact) mass is 275 g/mol. The number of nitrogens with zero attached hydrogens (tertiary/aromatic N) is 1. The largest absolute Gasteiger partial charge is 0.489 e. The van der Waals surface area contributed by atoms with E-state index in [9.17, 15) is 4.79 Å². The first-order valence-corrected chi connectivity index (χ1v) is 6.29. The van der Waals surface area contributed by atoms with Gasteiger partial charge < -0.3 is 14.4 Å². The molecule has 0 aliphatic rings. The number of benzene rings is 1. The Morgan fingerprint density at radius 2 is 1.85 bits per heavy atom. The number of rotatable bonds is 4. The fourth-order valence-corrected chi connectivity index (χ4v) is 2.21. The minimum atomic E-state index is -0.919. The van der Waals surface area contributed by atoms with Crippen LogP contribution in [0.15, 0.2) is 16.7 Å². The van der Waals surface area contributed by atoms with Crippen LogP contribution in [0, 0.1) is 27.7 Å². The first-order chi connectivity index (χ1) is 9.40. The number of ether oxygens (including phenoxy) is 1. The van der Waals surface area contributed by atoms with E-state index in [0.29, 0.717) is 29.0 Å².